The highest BCUT2D eigenvalue weighted by Crippen LogP contribution is 2.38. The Morgan fingerprint density at radius 2 is 1.95 bits per heavy atom. The van der Waals surface area contributed by atoms with E-state index in [9.17, 15) is 18.3 Å². The van der Waals surface area contributed by atoms with Gasteiger partial charge in [-0.1, -0.05) is 22.0 Å². The minimum atomic E-state index is -4.49. The van der Waals surface area contributed by atoms with Gasteiger partial charge in [-0.15, -0.1) is 0 Å². The van der Waals surface area contributed by atoms with Crippen molar-refractivity contribution < 1.29 is 18.3 Å². The van der Waals surface area contributed by atoms with Gasteiger partial charge in [0.1, 0.15) is 6.10 Å². The largest absolute Gasteiger partial charge is 0.417 e. The summed E-state index contributed by atoms with van der Waals surface area (Å²) >= 11 is 6.13. The van der Waals surface area contributed by atoms with Crippen LogP contribution in [0, 0.1) is 0 Å². The molecule has 114 valence electrons. The molecule has 0 aliphatic carbocycles. The van der Waals surface area contributed by atoms with Gasteiger partial charge in [0, 0.05) is 11.0 Å². The molecule has 8 heteroatoms. The van der Waals surface area contributed by atoms with E-state index in [0.29, 0.717) is 16.7 Å². The lowest BCUT2D eigenvalue weighted by atomic mass is 10.0. The summed E-state index contributed by atoms with van der Waals surface area (Å²) in [6.07, 6.45) is -4.18. The van der Waals surface area contributed by atoms with Gasteiger partial charge in [0.05, 0.1) is 21.9 Å². The molecular weight excluding hydrogens is 417 g/mol. The first kappa shape index (κ1) is 16.5. The number of aliphatic hydroxyl groups is 1. The molecule has 2 aromatic rings. The van der Waals surface area contributed by atoms with Crippen molar-refractivity contribution >= 4 is 31.9 Å². The number of nitrogens with zero attached hydrogens (tertiary/aromatic N) is 2. The Hall–Kier alpha value is -0.860. The summed E-state index contributed by atoms with van der Waals surface area (Å²) in [5, 5.41) is 14.4. The number of halogens is 5. The van der Waals surface area contributed by atoms with Gasteiger partial charge in [-0.05, 0) is 40.5 Å². The van der Waals surface area contributed by atoms with Gasteiger partial charge in [0.15, 0.2) is 0 Å². The maximum Gasteiger partial charge on any atom is 0.417 e. The molecule has 2 rings (SSSR count). The van der Waals surface area contributed by atoms with E-state index in [-0.39, 0.29) is 10.0 Å². The molecule has 0 saturated carbocycles. The maximum absolute atomic E-state index is 12.9. The number of hydrogen-bond donors (Lipinski definition) is 1. The van der Waals surface area contributed by atoms with Crippen LogP contribution in [-0.4, -0.2) is 14.9 Å². The number of rotatable bonds is 3. The molecule has 3 nitrogen and oxygen atoms in total. The molecule has 1 aromatic heterocycles. The molecule has 0 fully saturated rings. The SMILES string of the molecule is CCn1ncc(Br)c1C(O)c1ccc(Br)c(C(F)(F)F)c1. The number of aromatic nitrogens is 2. The average molecular weight is 428 g/mol. The highest BCUT2D eigenvalue weighted by Gasteiger charge is 2.34. The zero-order valence-electron chi connectivity index (χ0n) is 10.8. The number of aliphatic hydroxyl groups excluding tert-OH is 1. The van der Waals surface area contributed by atoms with Crippen molar-refractivity contribution in [2.45, 2.75) is 25.7 Å². The molecule has 0 radical (unpaired) electrons. The summed E-state index contributed by atoms with van der Waals surface area (Å²) in [5.41, 5.74) is -0.243. The van der Waals surface area contributed by atoms with E-state index in [1.807, 2.05) is 6.92 Å². The fourth-order valence-corrected chi connectivity index (χ4v) is 2.97. The van der Waals surface area contributed by atoms with Crippen molar-refractivity contribution in [2.75, 3.05) is 0 Å². The third-order valence-electron chi connectivity index (χ3n) is 3.00. The molecule has 0 spiro atoms. The predicted molar refractivity (Wildman–Crippen MR) is 78.8 cm³/mol. The van der Waals surface area contributed by atoms with Gasteiger partial charge in [-0.25, -0.2) is 0 Å². The third kappa shape index (κ3) is 3.32. The summed E-state index contributed by atoms with van der Waals surface area (Å²) < 4.78 is 40.8. The Morgan fingerprint density at radius 1 is 1.29 bits per heavy atom. The van der Waals surface area contributed by atoms with Crippen LogP contribution in [0.15, 0.2) is 33.3 Å². The van der Waals surface area contributed by atoms with E-state index >= 15 is 0 Å². The Morgan fingerprint density at radius 3 is 2.52 bits per heavy atom. The zero-order valence-corrected chi connectivity index (χ0v) is 14.0. The molecule has 0 amide bonds. The minimum absolute atomic E-state index is 0.0611. The lowest BCUT2D eigenvalue weighted by molar-refractivity contribution is -0.138. The lowest BCUT2D eigenvalue weighted by Gasteiger charge is -2.16. The van der Waals surface area contributed by atoms with Gasteiger partial charge < -0.3 is 5.11 Å². The van der Waals surface area contributed by atoms with E-state index < -0.39 is 17.8 Å². The van der Waals surface area contributed by atoms with E-state index in [0.717, 1.165) is 6.07 Å². The molecule has 0 bridgehead atoms. The molecular formula is C13H11Br2F3N2O. The van der Waals surface area contributed by atoms with Crippen molar-refractivity contribution in [1.29, 1.82) is 0 Å². The van der Waals surface area contributed by atoms with Crippen LogP contribution in [0.2, 0.25) is 0 Å². The fraction of sp³-hybridized carbons (Fsp3) is 0.308. The Kier molecular flexibility index (Phi) is 4.79. The first-order valence-electron chi connectivity index (χ1n) is 6.01. The second kappa shape index (κ2) is 6.10. The molecule has 0 aliphatic rings. The fourth-order valence-electron chi connectivity index (χ4n) is 1.98. The zero-order chi connectivity index (χ0) is 15.8. The summed E-state index contributed by atoms with van der Waals surface area (Å²) in [6.45, 7) is 2.33. The lowest BCUT2D eigenvalue weighted by Crippen LogP contribution is -2.12. The number of alkyl halides is 3. The molecule has 1 aromatic carbocycles. The van der Waals surface area contributed by atoms with Crippen molar-refractivity contribution in [3.8, 4) is 0 Å². The van der Waals surface area contributed by atoms with Crippen LogP contribution in [0.25, 0.3) is 0 Å². The smallest absolute Gasteiger partial charge is 0.382 e. The maximum atomic E-state index is 12.9. The Balaban J connectivity index is 2.49. The third-order valence-corrected chi connectivity index (χ3v) is 4.31. The molecule has 1 atom stereocenters. The summed E-state index contributed by atoms with van der Waals surface area (Å²) in [7, 11) is 0. The molecule has 1 N–H and O–H groups in total. The minimum Gasteiger partial charge on any atom is -0.382 e. The highest BCUT2D eigenvalue weighted by molar-refractivity contribution is 9.10. The van der Waals surface area contributed by atoms with E-state index in [4.69, 9.17) is 0 Å². The standard InChI is InChI=1S/C13H11Br2F3N2O/c1-2-20-11(10(15)6-19-20)12(21)7-3-4-9(14)8(5-7)13(16,17)18/h3-6,12,21H,2H2,1H3. The van der Waals surface area contributed by atoms with Crippen LogP contribution in [0.5, 0.6) is 0 Å². The van der Waals surface area contributed by atoms with Crippen LogP contribution in [0.4, 0.5) is 13.2 Å². The summed E-state index contributed by atoms with van der Waals surface area (Å²) in [4.78, 5) is 0. The number of hydrogen-bond acceptors (Lipinski definition) is 2. The summed E-state index contributed by atoms with van der Waals surface area (Å²) in [6, 6.07) is 3.67. The highest BCUT2D eigenvalue weighted by atomic mass is 79.9. The van der Waals surface area contributed by atoms with E-state index in [1.165, 1.54) is 23.0 Å². The van der Waals surface area contributed by atoms with Gasteiger partial charge in [0.25, 0.3) is 0 Å². The first-order valence-corrected chi connectivity index (χ1v) is 7.60. The first-order chi connectivity index (χ1) is 9.75. The van der Waals surface area contributed by atoms with Crippen molar-refractivity contribution in [3.63, 3.8) is 0 Å². The van der Waals surface area contributed by atoms with Gasteiger partial charge in [-0.2, -0.15) is 18.3 Å². The molecule has 1 heterocycles. The molecule has 0 aliphatic heterocycles. The second-order valence-corrected chi connectivity index (χ2v) is 6.04. The molecule has 21 heavy (non-hydrogen) atoms. The predicted octanol–water partition coefficient (Wildman–Crippen LogP) is 4.53. The Bertz CT molecular complexity index is 655. The van der Waals surface area contributed by atoms with Crippen molar-refractivity contribution in [3.05, 3.63) is 50.2 Å². The van der Waals surface area contributed by atoms with Crippen LogP contribution >= 0.6 is 31.9 Å². The second-order valence-electron chi connectivity index (χ2n) is 4.33. The normalized spacial score (nSPS) is 13.5. The van der Waals surface area contributed by atoms with Crippen LogP contribution in [0.3, 0.4) is 0 Å². The van der Waals surface area contributed by atoms with Crippen LogP contribution in [0.1, 0.15) is 29.8 Å². The van der Waals surface area contributed by atoms with Gasteiger partial charge in [-0.3, -0.25) is 4.68 Å². The topological polar surface area (TPSA) is 38.0 Å². The monoisotopic (exact) mass is 426 g/mol. The van der Waals surface area contributed by atoms with Crippen LogP contribution in [-0.2, 0) is 12.7 Å². The van der Waals surface area contributed by atoms with E-state index in [2.05, 4.69) is 37.0 Å². The Labute approximate surface area is 136 Å². The molecule has 0 saturated heterocycles. The van der Waals surface area contributed by atoms with Gasteiger partial charge >= 0.3 is 6.18 Å². The van der Waals surface area contributed by atoms with Crippen molar-refractivity contribution in [2.24, 2.45) is 0 Å². The van der Waals surface area contributed by atoms with Crippen molar-refractivity contribution in [1.82, 2.24) is 9.78 Å². The quantitative estimate of drug-likeness (QED) is 0.781. The van der Waals surface area contributed by atoms with Crippen LogP contribution < -0.4 is 0 Å². The van der Waals surface area contributed by atoms with Gasteiger partial charge in [0.2, 0.25) is 0 Å². The average Bonchev–Trinajstić information content (AvgIpc) is 2.78. The molecule has 1 unspecified atom stereocenters. The van der Waals surface area contributed by atoms with E-state index in [1.54, 1.807) is 0 Å². The number of benzene rings is 1. The number of aryl methyl sites for hydroxylation is 1. The summed E-state index contributed by atoms with van der Waals surface area (Å²) in [5.74, 6) is 0.